The number of carbonyl (C=O) groups is 1. The fraction of sp³-hybridized carbons (Fsp3) is 0.500. The normalized spacial score (nSPS) is 11.0. The van der Waals surface area contributed by atoms with Gasteiger partial charge >= 0.3 is 0 Å². The number of amides is 1. The average Bonchev–Trinajstić information content (AvgIpc) is 2.98. The monoisotopic (exact) mass is 292 g/mol. The van der Waals surface area contributed by atoms with Crippen LogP contribution >= 0.6 is 0 Å². The number of aliphatic imine (C=N–C) groups is 1. The molecule has 0 radical (unpaired) electrons. The van der Waals surface area contributed by atoms with Crippen molar-refractivity contribution in [3.63, 3.8) is 0 Å². The maximum absolute atomic E-state index is 11.5. The van der Waals surface area contributed by atoms with Gasteiger partial charge in [0, 0.05) is 46.1 Å². The highest BCUT2D eigenvalue weighted by Gasteiger charge is 2.03. The smallest absolute Gasteiger partial charge is 0.243 e. The van der Waals surface area contributed by atoms with Crippen LogP contribution in [-0.2, 0) is 11.3 Å². The molecule has 116 valence electrons. The predicted molar refractivity (Wildman–Crippen MR) is 84.0 cm³/mol. The van der Waals surface area contributed by atoms with E-state index in [2.05, 4.69) is 27.3 Å². The summed E-state index contributed by atoms with van der Waals surface area (Å²) in [7, 11) is 3.43. The first kappa shape index (κ1) is 16.7. The third-order valence-electron chi connectivity index (χ3n) is 2.70. The molecule has 1 aromatic rings. The maximum atomic E-state index is 11.5. The molecule has 0 aromatic carbocycles. The van der Waals surface area contributed by atoms with Crippen LogP contribution in [0.5, 0.6) is 0 Å². The van der Waals surface area contributed by atoms with Crippen molar-refractivity contribution < 1.29 is 4.79 Å². The van der Waals surface area contributed by atoms with Gasteiger partial charge in [-0.2, -0.15) is 5.10 Å². The van der Waals surface area contributed by atoms with Gasteiger partial charge in [-0.05, 0) is 12.5 Å². The number of nitrogens with zero attached hydrogens (tertiary/aromatic N) is 4. The molecule has 1 aromatic heterocycles. The van der Waals surface area contributed by atoms with Gasteiger partial charge in [0.25, 0.3) is 0 Å². The summed E-state index contributed by atoms with van der Waals surface area (Å²) in [6, 6.07) is 1.90. The van der Waals surface area contributed by atoms with E-state index in [1.54, 1.807) is 26.4 Å². The van der Waals surface area contributed by atoms with Gasteiger partial charge in [0.05, 0.1) is 0 Å². The number of likely N-dealkylation sites (N-methyl/N-ethyl adjacent to an activating group) is 1. The van der Waals surface area contributed by atoms with Gasteiger partial charge in [-0.15, -0.1) is 6.58 Å². The van der Waals surface area contributed by atoms with E-state index >= 15 is 0 Å². The van der Waals surface area contributed by atoms with Crippen molar-refractivity contribution in [3.8, 4) is 0 Å². The lowest BCUT2D eigenvalue weighted by molar-refractivity contribution is -0.127. The molecule has 0 atom stereocenters. The van der Waals surface area contributed by atoms with Crippen molar-refractivity contribution in [2.24, 2.45) is 4.99 Å². The van der Waals surface area contributed by atoms with E-state index in [4.69, 9.17) is 0 Å². The summed E-state index contributed by atoms with van der Waals surface area (Å²) in [4.78, 5) is 17.3. The van der Waals surface area contributed by atoms with E-state index in [-0.39, 0.29) is 12.5 Å². The van der Waals surface area contributed by atoms with Crippen LogP contribution in [0.2, 0.25) is 0 Å². The Morgan fingerprint density at radius 2 is 2.29 bits per heavy atom. The molecule has 7 heteroatoms. The molecule has 1 rings (SSSR count). The average molecular weight is 292 g/mol. The summed E-state index contributed by atoms with van der Waals surface area (Å²) >= 11 is 0. The van der Waals surface area contributed by atoms with Crippen LogP contribution in [0, 0.1) is 0 Å². The van der Waals surface area contributed by atoms with Crippen LogP contribution < -0.4 is 10.6 Å². The Morgan fingerprint density at radius 3 is 2.90 bits per heavy atom. The quantitative estimate of drug-likeness (QED) is 0.308. The molecule has 0 aliphatic carbocycles. The Labute approximate surface area is 125 Å². The second-order valence-corrected chi connectivity index (χ2v) is 4.67. The lowest BCUT2D eigenvalue weighted by atomic mass is 10.4. The van der Waals surface area contributed by atoms with Crippen LogP contribution in [0.3, 0.4) is 0 Å². The molecule has 1 amide bonds. The fourth-order valence-electron chi connectivity index (χ4n) is 1.51. The van der Waals surface area contributed by atoms with E-state index in [1.807, 2.05) is 16.9 Å². The molecule has 1 heterocycles. The molecule has 7 nitrogen and oxygen atoms in total. The molecule has 0 fully saturated rings. The molecule has 0 aliphatic rings. The first-order valence-electron chi connectivity index (χ1n) is 6.94. The van der Waals surface area contributed by atoms with Crippen molar-refractivity contribution in [2.45, 2.75) is 13.0 Å². The summed E-state index contributed by atoms with van der Waals surface area (Å²) in [5.41, 5.74) is 0. The van der Waals surface area contributed by atoms with Crippen molar-refractivity contribution in [2.75, 3.05) is 33.7 Å². The highest BCUT2D eigenvalue weighted by atomic mass is 16.2. The number of aryl methyl sites for hydroxylation is 1. The Balaban J connectivity index is 2.36. The lowest BCUT2D eigenvalue weighted by Crippen LogP contribution is -2.39. The molecule has 0 aliphatic heterocycles. The minimum atomic E-state index is -0.0359. The number of hydrogen-bond donors (Lipinski definition) is 2. The second kappa shape index (κ2) is 9.57. The zero-order chi connectivity index (χ0) is 15.5. The molecular formula is C14H24N6O. The van der Waals surface area contributed by atoms with Crippen LogP contribution in [-0.4, -0.2) is 60.3 Å². The standard InChI is InChI=1S/C14H24N6O/c1-4-7-15-14(17-12-13(21)19(2)3)16-8-5-10-20-11-6-9-18-20/h4,6,9,11H,1,5,7-8,10,12H2,2-3H3,(H2,15,16,17). The molecular weight excluding hydrogens is 268 g/mol. The molecule has 0 spiro atoms. The van der Waals surface area contributed by atoms with E-state index in [9.17, 15) is 4.79 Å². The summed E-state index contributed by atoms with van der Waals surface area (Å²) < 4.78 is 1.88. The Bertz CT molecular complexity index is 452. The van der Waals surface area contributed by atoms with Crippen molar-refractivity contribution in [1.82, 2.24) is 25.3 Å². The minimum Gasteiger partial charge on any atom is -0.356 e. The first-order chi connectivity index (χ1) is 10.1. The topological polar surface area (TPSA) is 74.6 Å². The van der Waals surface area contributed by atoms with Gasteiger partial charge < -0.3 is 15.5 Å². The van der Waals surface area contributed by atoms with E-state index < -0.39 is 0 Å². The number of nitrogens with one attached hydrogen (secondary N) is 2. The summed E-state index contributed by atoms with van der Waals surface area (Å²) in [6.45, 7) is 5.96. The number of rotatable bonds is 8. The fourth-order valence-corrected chi connectivity index (χ4v) is 1.51. The molecule has 0 bridgehead atoms. The lowest BCUT2D eigenvalue weighted by Gasteiger charge is -2.12. The highest BCUT2D eigenvalue weighted by Crippen LogP contribution is 1.88. The van der Waals surface area contributed by atoms with Gasteiger partial charge in [-0.1, -0.05) is 6.08 Å². The summed E-state index contributed by atoms with van der Waals surface area (Å²) in [6.07, 6.45) is 6.35. The van der Waals surface area contributed by atoms with E-state index in [0.29, 0.717) is 12.5 Å². The largest absolute Gasteiger partial charge is 0.356 e. The Hall–Kier alpha value is -2.31. The highest BCUT2D eigenvalue weighted by molar-refractivity contribution is 5.84. The third kappa shape index (κ3) is 7.14. The zero-order valence-corrected chi connectivity index (χ0v) is 12.7. The Morgan fingerprint density at radius 1 is 1.48 bits per heavy atom. The minimum absolute atomic E-state index is 0.0359. The number of guanidine groups is 1. The number of hydrogen-bond acceptors (Lipinski definition) is 3. The number of aromatic nitrogens is 2. The van der Waals surface area contributed by atoms with Gasteiger partial charge in [-0.25, -0.2) is 4.99 Å². The van der Waals surface area contributed by atoms with Crippen molar-refractivity contribution >= 4 is 11.9 Å². The van der Waals surface area contributed by atoms with Crippen LogP contribution in [0.25, 0.3) is 0 Å². The van der Waals surface area contributed by atoms with Crippen LogP contribution in [0.4, 0.5) is 0 Å². The van der Waals surface area contributed by atoms with Gasteiger partial charge in [0.1, 0.15) is 6.54 Å². The SMILES string of the molecule is C=CCNC(=NCC(=O)N(C)C)NCCCn1cccn1. The second-order valence-electron chi connectivity index (χ2n) is 4.67. The van der Waals surface area contributed by atoms with Crippen molar-refractivity contribution in [1.29, 1.82) is 0 Å². The predicted octanol–water partition coefficient (Wildman–Crippen LogP) is 0.0826. The van der Waals surface area contributed by atoms with Crippen LogP contribution in [0.1, 0.15) is 6.42 Å². The Kier molecular flexibility index (Phi) is 7.63. The maximum Gasteiger partial charge on any atom is 0.243 e. The van der Waals surface area contributed by atoms with Gasteiger partial charge in [0.15, 0.2) is 5.96 Å². The van der Waals surface area contributed by atoms with E-state index in [1.165, 1.54) is 4.90 Å². The molecule has 21 heavy (non-hydrogen) atoms. The van der Waals surface area contributed by atoms with Gasteiger partial charge in [-0.3, -0.25) is 9.48 Å². The molecule has 2 N–H and O–H groups in total. The summed E-state index contributed by atoms with van der Waals surface area (Å²) in [5, 5.41) is 10.4. The number of carbonyl (C=O) groups excluding carboxylic acids is 1. The van der Waals surface area contributed by atoms with E-state index in [0.717, 1.165) is 19.5 Å². The van der Waals surface area contributed by atoms with Crippen molar-refractivity contribution in [3.05, 3.63) is 31.1 Å². The first-order valence-corrected chi connectivity index (χ1v) is 6.94. The summed E-state index contributed by atoms with van der Waals surface area (Å²) in [5.74, 6) is 0.580. The molecule has 0 saturated heterocycles. The van der Waals surface area contributed by atoms with Gasteiger partial charge in [0.2, 0.25) is 5.91 Å². The van der Waals surface area contributed by atoms with Crippen LogP contribution in [0.15, 0.2) is 36.1 Å². The zero-order valence-electron chi connectivity index (χ0n) is 12.7. The molecule has 0 saturated carbocycles. The molecule has 0 unspecified atom stereocenters. The third-order valence-corrected chi connectivity index (χ3v) is 2.70.